The van der Waals surface area contributed by atoms with Gasteiger partial charge in [0.25, 0.3) is 0 Å². The van der Waals surface area contributed by atoms with E-state index >= 15 is 0 Å². The smallest absolute Gasteiger partial charge is 0.335 e. The monoisotopic (exact) mass is 468 g/mol. The van der Waals surface area contributed by atoms with Gasteiger partial charge < -0.3 is 14.9 Å². The van der Waals surface area contributed by atoms with Crippen molar-refractivity contribution in [2.24, 2.45) is 10.9 Å². The van der Waals surface area contributed by atoms with Crippen molar-refractivity contribution < 1.29 is 19.7 Å². The molecular formula is C24H28N4O6. The number of aryl methyl sites for hydroxylation is 1. The van der Waals surface area contributed by atoms with E-state index in [0.29, 0.717) is 0 Å². The highest BCUT2D eigenvalue weighted by Crippen LogP contribution is 2.30. The largest absolute Gasteiger partial charge is 0.504 e. The summed E-state index contributed by atoms with van der Waals surface area (Å²) in [5.74, 6) is -1.91. The number of carboxylic acid groups (broad SMARTS) is 1. The molecule has 3 aromatic rings. The maximum Gasteiger partial charge on any atom is 0.335 e. The van der Waals surface area contributed by atoms with Crippen molar-refractivity contribution in [1.29, 1.82) is 0 Å². The molecule has 0 bridgehead atoms. The first-order chi connectivity index (χ1) is 16.0. The predicted octanol–water partition coefficient (Wildman–Crippen LogP) is 2.14. The number of aliphatic carboxylic acids is 1. The fourth-order valence-corrected chi connectivity index (χ4v) is 3.22. The summed E-state index contributed by atoms with van der Waals surface area (Å²) >= 11 is 0. The van der Waals surface area contributed by atoms with Gasteiger partial charge in [-0.1, -0.05) is 36.8 Å². The molecule has 3 N–H and O–H groups in total. The number of carbonyl (C=O) groups is 1. The van der Waals surface area contributed by atoms with Crippen molar-refractivity contribution in [3.63, 3.8) is 0 Å². The van der Waals surface area contributed by atoms with Gasteiger partial charge in [-0.2, -0.15) is 0 Å². The molecule has 10 heteroatoms. The lowest BCUT2D eigenvalue weighted by atomic mass is 10.1. The summed E-state index contributed by atoms with van der Waals surface area (Å²) in [6, 6.07) is 12.0. The maximum absolute atomic E-state index is 13.3. The van der Waals surface area contributed by atoms with Crippen molar-refractivity contribution in [2.75, 3.05) is 0 Å². The molecule has 3 rings (SSSR count). The fraction of sp³-hybridized carbons (Fsp3) is 0.333. The Labute approximate surface area is 195 Å². The molecule has 0 amide bonds. The lowest BCUT2D eigenvalue weighted by Crippen LogP contribution is -2.51. The van der Waals surface area contributed by atoms with Crippen LogP contribution in [0, 0.1) is 12.8 Å². The highest BCUT2D eigenvalue weighted by molar-refractivity contribution is 5.69. The molecule has 0 aliphatic heterocycles. The van der Waals surface area contributed by atoms with E-state index in [1.165, 1.54) is 17.6 Å². The Balaban J connectivity index is 2.16. The zero-order valence-electron chi connectivity index (χ0n) is 19.5. The summed E-state index contributed by atoms with van der Waals surface area (Å²) in [5.41, 5.74) is 0.621. The molecule has 2 aromatic carbocycles. The Kier molecular flexibility index (Phi) is 7.40. The standard InChI is InChI=1S/C24H28N4O6/c1-14(2)34-20-10-9-18(11-19(20)29)25-22-26-23(32)28(12-16(4)21(30)31)24(33)27(22)13-17-7-5-15(3)6-8-17/h5-11,14,16,29H,12-13H2,1-4H3,(H,30,31)(H,25,26,32)/t16-/m0/s1. The van der Waals surface area contributed by atoms with Gasteiger partial charge in [-0.05, 0) is 38.5 Å². The first kappa shape index (κ1) is 24.6. The number of rotatable bonds is 8. The molecule has 10 nitrogen and oxygen atoms in total. The van der Waals surface area contributed by atoms with Gasteiger partial charge in [0.2, 0.25) is 5.62 Å². The summed E-state index contributed by atoms with van der Waals surface area (Å²) in [6.07, 6.45) is -0.137. The second-order valence-electron chi connectivity index (χ2n) is 8.39. The van der Waals surface area contributed by atoms with Crippen LogP contribution in [0.3, 0.4) is 0 Å². The van der Waals surface area contributed by atoms with Crippen LogP contribution in [-0.2, 0) is 17.9 Å². The van der Waals surface area contributed by atoms with Gasteiger partial charge in [-0.25, -0.2) is 19.1 Å². The van der Waals surface area contributed by atoms with E-state index in [2.05, 4.69) is 9.98 Å². The lowest BCUT2D eigenvalue weighted by molar-refractivity contribution is -0.141. The summed E-state index contributed by atoms with van der Waals surface area (Å²) in [6.45, 7) is 6.82. The van der Waals surface area contributed by atoms with Crippen LogP contribution in [0.5, 0.6) is 11.5 Å². The first-order valence-electron chi connectivity index (χ1n) is 10.8. The van der Waals surface area contributed by atoms with Gasteiger partial charge in [0, 0.05) is 12.6 Å². The molecule has 1 atom stereocenters. The van der Waals surface area contributed by atoms with E-state index in [4.69, 9.17) is 4.74 Å². The molecular weight excluding hydrogens is 440 g/mol. The van der Waals surface area contributed by atoms with Crippen LogP contribution in [0.1, 0.15) is 31.9 Å². The minimum absolute atomic E-state index is 0.0354. The Hall–Kier alpha value is -4.08. The second-order valence-corrected chi connectivity index (χ2v) is 8.39. The fourth-order valence-electron chi connectivity index (χ4n) is 3.22. The Morgan fingerprint density at radius 1 is 1.09 bits per heavy atom. The van der Waals surface area contributed by atoms with E-state index < -0.39 is 23.3 Å². The van der Waals surface area contributed by atoms with E-state index in [0.717, 1.165) is 15.7 Å². The quantitative estimate of drug-likeness (QED) is 0.463. The minimum atomic E-state index is -1.12. The number of nitrogens with zero attached hydrogens (tertiary/aromatic N) is 3. The molecule has 0 saturated carbocycles. The zero-order valence-corrected chi connectivity index (χ0v) is 19.5. The van der Waals surface area contributed by atoms with Gasteiger partial charge in [0.05, 0.1) is 24.3 Å². The molecule has 1 heterocycles. The lowest BCUT2D eigenvalue weighted by Gasteiger charge is -2.13. The van der Waals surface area contributed by atoms with Crippen LogP contribution in [0.4, 0.5) is 5.69 Å². The molecule has 0 aliphatic rings. The summed E-state index contributed by atoms with van der Waals surface area (Å²) in [7, 11) is 0. The number of hydrogen-bond donors (Lipinski definition) is 3. The van der Waals surface area contributed by atoms with Crippen LogP contribution in [0.15, 0.2) is 57.0 Å². The van der Waals surface area contributed by atoms with Gasteiger partial charge in [-0.3, -0.25) is 14.3 Å². The highest BCUT2D eigenvalue weighted by Gasteiger charge is 2.17. The number of benzene rings is 2. The molecule has 0 fully saturated rings. The van der Waals surface area contributed by atoms with Gasteiger partial charge in [0.1, 0.15) is 0 Å². The first-order valence-corrected chi connectivity index (χ1v) is 10.8. The van der Waals surface area contributed by atoms with E-state index in [-0.39, 0.29) is 42.0 Å². The average Bonchev–Trinajstić information content (AvgIpc) is 2.76. The molecule has 0 unspecified atom stereocenters. The number of H-pyrrole nitrogens is 1. The van der Waals surface area contributed by atoms with E-state index in [9.17, 15) is 24.6 Å². The van der Waals surface area contributed by atoms with Crippen molar-refractivity contribution in [3.8, 4) is 11.5 Å². The number of aromatic hydroxyl groups is 1. The number of aromatic amines is 1. The topological polar surface area (TPSA) is 139 Å². The van der Waals surface area contributed by atoms with Crippen LogP contribution < -0.4 is 21.7 Å². The Bertz CT molecular complexity index is 1370. The number of carboxylic acids is 1. The molecule has 0 spiro atoms. The molecule has 1 aromatic heterocycles. The average molecular weight is 469 g/mol. The van der Waals surface area contributed by atoms with Crippen LogP contribution in [-0.4, -0.2) is 36.4 Å². The Morgan fingerprint density at radius 3 is 2.35 bits per heavy atom. The number of hydrogen-bond acceptors (Lipinski definition) is 6. The van der Waals surface area contributed by atoms with Gasteiger partial charge in [-0.15, -0.1) is 0 Å². The van der Waals surface area contributed by atoms with Crippen LogP contribution in [0.2, 0.25) is 0 Å². The van der Waals surface area contributed by atoms with Crippen molar-refractivity contribution in [1.82, 2.24) is 14.1 Å². The number of nitrogens with one attached hydrogen (secondary N) is 1. The number of aromatic nitrogens is 3. The summed E-state index contributed by atoms with van der Waals surface area (Å²) < 4.78 is 7.63. The second kappa shape index (κ2) is 10.2. The van der Waals surface area contributed by atoms with Crippen LogP contribution in [0.25, 0.3) is 0 Å². The molecule has 34 heavy (non-hydrogen) atoms. The Morgan fingerprint density at radius 2 is 1.76 bits per heavy atom. The normalized spacial score (nSPS) is 12.7. The van der Waals surface area contributed by atoms with Gasteiger partial charge >= 0.3 is 17.3 Å². The third kappa shape index (κ3) is 5.83. The minimum Gasteiger partial charge on any atom is -0.504 e. The SMILES string of the molecule is Cc1ccc(Cn2c(=O)n(C[C@H](C)C(=O)O)c(=O)[nH]/c2=N\c2ccc(OC(C)C)c(O)c2)cc1. The van der Waals surface area contributed by atoms with Crippen molar-refractivity contribution in [2.45, 2.75) is 46.9 Å². The third-order valence-electron chi connectivity index (χ3n) is 5.06. The summed E-state index contributed by atoms with van der Waals surface area (Å²) in [4.78, 5) is 44.2. The van der Waals surface area contributed by atoms with Crippen molar-refractivity contribution in [3.05, 3.63) is 80.2 Å². The number of ether oxygens (including phenoxy) is 1. The third-order valence-corrected chi connectivity index (χ3v) is 5.06. The molecule has 180 valence electrons. The molecule has 0 saturated heterocycles. The van der Waals surface area contributed by atoms with Gasteiger partial charge in [0.15, 0.2) is 11.5 Å². The maximum atomic E-state index is 13.3. The van der Waals surface area contributed by atoms with E-state index in [1.807, 2.05) is 45.0 Å². The molecule has 0 radical (unpaired) electrons. The van der Waals surface area contributed by atoms with E-state index in [1.54, 1.807) is 12.1 Å². The van der Waals surface area contributed by atoms with Crippen LogP contribution >= 0.6 is 0 Å². The van der Waals surface area contributed by atoms with Crippen molar-refractivity contribution >= 4 is 11.7 Å². The highest BCUT2D eigenvalue weighted by atomic mass is 16.5. The zero-order chi connectivity index (χ0) is 25.0. The summed E-state index contributed by atoms with van der Waals surface area (Å²) in [5, 5.41) is 19.5. The predicted molar refractivity (Wildman–Crippen MR) is 125 cm³/mol. The molecule has 0 aliphatic carbocycles. The number of phenols is 1. The number of phenolic OH excluding ortho intramolecular Hbond substituents is 1.